The molecule has 2 saturated heterocycles. The highest BCUT2D eigenvalue weighted by atomic mass is 19.4. The van der Waals surface area contributed by atoms with E-state index in [1.54, 1.807) is 4.52 Å². The fourth-order valence-corrected chi connectivity index (χ4v) is 5.50. The number of nitrogens with zero attached hydrogens (tertiary/aromatic N) is 7. The van der Waals surface area contributed by atoms with Crippen LogP contribution in [0.25, 0.3) is 28.2 Å². The largest absolute Gasteiger partial charge is 0.490 e. The highest BCUT2D eigenvalue weighted by Gasteiger charge is 2.41. The topological polar surface area (TPSA) is 182 Å². The van der Waals surface area contributed by atoms with Crippen molar-refractivity contribution in [2.75, 3.05) is 31.1 Å². The van der Waals surface area contributed by atoms with Gasteiger partial charge in [0.1, 0.15) is 12.1 Å². The van der Waals surface area contributed by atoms with Crippen molar-refractivity contribution >= 4 is 29.4 Å². The molecule has 20 heteroatoms. The number of H-pyrrole nitrogens is 1. The molecule has 4 N–H and O–H groups in total. The number of aliphatic carboxylic acids is 2. The van der Waals surface area contributed by atoms with Crippen molar-refractivity contribution in [1.29, 1.82) is 0 Å². The van der Waals surface area contributed by atoms with Gasteiger partial charge < -0.3 is 20.4 Å². The molecule has 0 radical (unpaired) electrons. The molecule has 2 aliphatic rings. The van der Waals surface area contributed by atoms with E-state index in [2.05, 4.69) is 39.4 Å². The van der Waals surface area contributed by atoms with Gasteiger partial charge in [-0.05, 0) is 55.8 Å². The SMILES string of the molecule is CC(C)[C@H]1CN(CCC2CCCNC2)C(=O)N1c1ccn2ncc(-c3ccc(-c4ncn[nH]4)cc3)c2n1.O=C(O)C(F)(F)F.O=C(O)C(F)(F)F. The second kappa shape index (κ2) is 16.2. The molecule has 14 nitrogen and oxygen atoms in total. The van der Waals surface area contributed by atoms with Crippen LogP contribution in [0.2, 0.25) is 0 Å². The van der Waals surface area contributed by atoms with E-state index in [9.17, 15) is 31.1 Å². The van der Waals surface area contributed by atoms with Gasteiger partial charge in [0.15, 0.2) is 11.5 Å². The van der Waals surface area contributed by atoms with Gasteiger partial charge in [-0.1, -0.05) is 38.1 Å². The van der Waals surface area contributed by atoms with E-state index in [1.165, 1.54) is 19.2 Å². The van der Waals surface area contributed by atoms with Crippen molar-refractivity contribution in [2.24, 2.45) is 11.8 Å². The number of carbonyl (C=O) groups is 3. The fraction of sp³-hybridized carbons (Fsp3) is 0.452. The number of carboxylic acid groups (broad SMARTS) is 2. The third-order valence-corrected chi connectivity index (χ3v) is 8.16. The third kappa shape index (κ3) is 9.92. The number of benzene rings is 1. The average Bonchev–Trinajstić information content (AvgIpc) is 3.83. The van der Waals surface area contributed by atoms with Gasteiger partial charge in [0.25, 0.3) is 0 Å². The molecule has 6 rings (SSSR count). The van der Waals surface area contributed by atoms with E-state index in [4.69, 9.17) is 24.8 Å². The Morgan fingerprint density at radius 3 is 2.16 bits per heavy atom. The van der Waals surface area contributed by atoms with Crippen LogP contribution in [0.3, 0.4) is 0 Å². The first-order chi connectivity index (χ1) is 24.0. The number of halogens is 6. The number of urea groups is 1. The van der Waals surface area contributed by atoms with Gasteiger partial charge in [0.05, 0.1) is 12.2 Å². The van der Waals surface area contributed by atoms with E-state index >= 15 is 0 Å². The van der Waals surface area contributed by atoms with Crippen LogP contribution in [0.5, 0.6) is 0 Å². The van der Waals surface area contributed by atoms with Crippen LogP contribution in [-0.2, 0) is 9.59 Å². The number of carboxylic acids is 2. The summed E-state index contributed by atoms with van der Waals surface area (Å²) in [6.45, 7) is 8.05. The zero-order valence-electron chi connectivity index (χ0n) is 27.3. The molecule has 51 heavy (non-hydrogen) atoms. The molecule has 5 heterocycles. The lowest BCUT2D eigenvalue weighted by Gasteiger charge is -2.25. The summed E-state index contributed by atoms with van der Waals surface area (Å²) in [5.41, 5.74) is 3.60. The number of anilines is 1. The maximum atomic E-state index is 13.6. The molecule has 1 unspecified atom stereocenters. The van der Waals surface area contributed by atoms with Gasteiger partial charge >= 0.3 is 30.3 Å². The van der Waals surface area contributed by atoms with Crippen LogP contribution >= 0.6 is 0 Å². The Bertz CT molecular complexity index is 1750. The fourth-order valence-electron chi connectivity index (χ4n) is 5.50. The number of carbonyl (C=O) groups excluding carboxylic acids is 1. The molecule has 0 saturated carbocycles. The Balaban J connectivity index is 0.000000353. The first-order valence-corrected chi connectivity index (χ1v) is 15.7. The minimum Gasteiger partial charge on any atom is -0.475 e. The second-order valence-electron chi connectivity index (χ2n) is 12.0. The van der Waals surface area contributed by atoms with E-state index < -0.39 is 24.3 Å². The van der Waals surface area contributed by atoms with E-state index in [0.717, 1.165) is 60.8 Å². The van der Waals surface area contributed by atoms with Crippen molar-refractivity contribution in [2.45, 2.75) is 51.5 Å². The van der Waals surface area contributed by atoms with Gasteiger partial charge in [-0.3, -0.25) is 10.00 Å². The molecule has 2 aliphatic heterocycles. The lowest BCUT2D eigenvalue weighted by molar-refractivity contribution is -0.193. The Hall–Kier alpha value is -5.27. The number of hydrogen-bond donors (Lipinski definition) is 4. The first-order valence-electron chi connectivity index (χ1n) is 15.7. The van der Waals surface area contributed by atoms with Crippen LogP contribution in [0.1, 0.15) is 33.1 Å². The van der Waals surface area contributed by atoms with Gasteiger partial charge in [-0.25, -0.2) is 28.9 Å². The van der Waals surface area contributed by atoms with Crippen molar-refractivity contribution in [3.8, 4) is 22.5 Å². The zero-order valence-corrected chi connectivity index (χ0v) is 27.3. The molecular formula is C31H35F6N9O5. The molecule has 1 aromatic carbocycles. The molecule has 0 aliphatic carbocycles. The van der Waals surface area contributed by atoms with Crippen LogP contribution in [0.4, 0.5) is 37.0 Å². The number of alkyl halides is 6. The van der Waals surface area contributed by atoms with Crippen molar-refractivity contribution in [1.82, 2.24) is 40.0 Å². The van der Waals surface area contributed by atoms with Crippen LogP contribution < -0.4 is 10.2 Å². The number of rotatable bonds is 7. The lowest BCUT2D eigenvalue weighted by atomic mass is 9.96. The van der Waals surface area contributed by atoms with Gasteiger partial charge in [0.2, 0.25) is 0 Å². The summed E-state index contributed by atoms with van der Waals surface area (Å²) in [6.07, 6.45) is -1.44. The van der Waals surface area contributed by atoms with Crippen molar-refractivity contribution in [3.63, 3.8) is 0 Å². The van der Waals surface area contributed by atoms with E-state index in [1.807, 2.05) is 52.5 Å². The molecular weight excluding hydrogens is 692 g/mol. The van der Waals surface area contributed by atoms with Gasteiger partial charge in [-0.15, -0.1) is 0 Å². The normalized spacial score (nSPS) is 17.9. The monoisotopic (exact) mass is 727 g/mol. The number of amides is 2. The number of hydrogen-bond acceptors (Lipinski definition) is 8. The predicted octanol–water partition coefficient (Wildman–Crippen LogP) is 5.10. The third-order valence-electron chi connectivity index (χ3n) is 8.16. The summed E-state index contributed by atoms with van der Waals surface area (Å²) in [5, 5.41) is 29.1. The molecule has 4 aromatic rings. The number of aromatic amines is 1. The molecule has 2 fully saturated rings. The van der Waals surface area contributed by atoms with Crippen LogP contribution in [0, 0.1) is 11.8 Å². The summed E-state index contributed by atoms with van der Waals surface area (Å²) < 4.78 is 65.2. The van der Waals surface area contributed by atoms with Crippen molar-refractivity contribution in [3.05, 3.63) is 49.1 Å². The van der Waals surface area contributed by atoms with Crippen molar-refractivity contribution < 1.29 is 50.9 Å². The summed E-state index contributed by atoms with van der Waals surface area (Å²) >= 11 is 0. The highest BCUT2D eigenvalue weighted by molar-refractivity contribution is 5.94. The zero-order chi connectivity index (χ0) is 37.5. The Kier molecular flexibility index (Phi) is 12.2. The van der Waals surface area contributed by atoms with Gasteiger partial charge in [-0.2, -0.15) is 36.5 Å². The number of piperidine rings is 1. The quantitative estimate of drug-likeness (QED) is 0.187. The Morgan fingerprint density at radius 1 is 1.00 bits per heavy atom. The molecule has 2 atom stereocenters. The van der Waals surface area contributed by atoms with Crippen LogP contribution in [0.15, 0.2) is 49.1 Å². The summed E-state index contributed by atoms with van der Waals surface area (Å²) in [7, 11) is 0. The predicted molar refractivity (Wildman–Crippen MR) is 169 cm³/mol. The summed E-state index contributed by atoms with van der Waals surface area (Å²) in [6, 6.07) is 10.1. The summed E-state index contributed by atoms with van der Waals surface area (Å²) in [5.74, 6) is -3.15. The summed E-state index contributed by atoms with van der Waals surface area (Å²) in [4.78, 5) is 44.5. The van der Waals surface area contributed by atoms with Crippen LogP contribution in [-0.4, -0.2) is 107 Å². The van der Waals surface area contributed by atoms with Gasteiger partial charge in [0, 0.05) is 30.4 Å². The Morgan fingerprint density at radius 2 is 1.63 bits per heavy atom. The molecule has 0 spiro atoms. The molecule has 276 valence electrons. The first kappa shape index (κ1) is 38.5. The number of fused-ring (bicyclic) bond motifs is 1. The number of nitrogens with one attached hydrogen (secondary N) is 2. The minimum absolute atomic E-state index is 0.0526. The number of aromatic nitrogens is 6. The maximum Gasteiger partial charge on any atom is 0.490 e. The Labute approximate surface area is 286 Å². The van der Waals surface area contributed by atoms with E-state index in [0.29, 0.717) is 17.7 Å². The smallest absolute Gasteiger partial charge is 0.475 e. The van der Waals surface area contributed by atoms with E-state index in [-0.39, 0.29) is 12.1 Å². The standard InChI is InChI=1S/C27H33N9O.2C2HF3O2/c1-18(2)23-16-34(12-9-19-4-3-11-28-14-19)27(37)36(23)24-10-13-35-26(32-24)22(15-31-35)20-5-7-21(8-6-20)25-29-17-30-33-25;2*3-2(4,5)1(6)7/h5-8,10,13,15,17-19,23,28H,3-4,9,11-12,14,16H2,1-2H3,(H,29,30,33);2*(H,6,7)/t19?,23-;;/m1../s1. The second-order valence-corrected chi connectivity index (χ2v) is 12.0. The lowest BCUT2D eigenvalue weighted by Crippen LogP contribution is -2.38. The maximum absolute atomic E-state index is 13.6. The average molecular weight is 728 g/mol. The minimum atomic E-state index is -5.08. The molecule has 3 aromatic heterocycles. The molecule has 0 bridgehead atoms. The molecule has 2 amide bonds. The highest BCUT2D eigenvalue weighted by Crippen LogP contribution is 2.31.